The molecular weight excluding hydrogens is 272 g/mol. The Morgan fingerprint density at radius 2 is 2.06 bits per heavy atom. The van der Waals surface area contributed by atoms with Crippen molar-refractivity contribution in [2.45, 2.75) is 24.7 Å². The van der Waals surface area contributed by atoms with E-state index in [1.165, 1.54) is 6.07 Å². The van der Waals surface area contributed by atoms with Crippen LogP contribution in [0, 0.1) is 11.3 Å². The molecule has 1 rings (SSSR count). The van der Waals surface area contributed by atoms with Crippen LogP contribution in [-0.4, -0.2) is 8.42 Å². The Hall–Kier alpha value is -1.19. The number of rotatable bonds is 3. The summed E-state index contributed by atoms with van der Waals surface area (Å²) in [7, 11) is 0.793. The minimum Gasteiger partial charge on any atom is -0.207 e. The molecule has 0 spiro atoms. The van der Waals surface area contributed by atoms with E-state index in [-0.39, 0.29) is 5.56 Å². The molecule has 0 bridgehead atoms. The number of aryl methyl sites for hydroxylation is 1. The lowest BCUT2D eigenvalue weighted by Crippen LogP contribution is -2.03. The first kappa shape index (κ1) is 13.9. The van der Waals surface area contributed by atoms with Crippen LogP contribution in [0.15, 0.2) is 17.0 Å². The lowest BCUT2D eigenvalue weighted by atomic mass is 10.0. The van der Waals surface area contributed by atoms with E-state index in [4.69, 9.17) is 15.9 Å². The smallest absolute Gasteiger partial charge is 0.207 e. The Labute approximate surface area is 102 Å². The minimum atomic E-state index is -4.30. The number of nitrogens with zero attached hydrogens (tertiary/aromatic N) is 1. The molecule has 0 aliphatic heterocycles. The second-order valence-electron chi connectivity index (χ2n) is 3.26. The maximum atomic E-state index is 12.8. The lowest BCUT2D eigenvalue weighted by molar-refractivity contribution is 0.147. The highest BCUT2D eigenvalue weighted by atomic mass is 35.7. The molecule has 0 aliphatic carbocycles. The molecule has 0 amide bonds. The minimum absolute atomic E-state index is 0.362. The van der Waals surface area contributed by atoms with Crippen molar-refractivity contribution in [1.29, 1.82) is 5.26 Å². The van der Waals surface area contributed by atoms with Crippen molar-refractivity contribution >= 4 is 19.7 Å². The van der Waals surface area contributed by atoms with E-state index in [1.54, 1.807) is 13.0 Å². The van der Waals surface area contributed by atoms with Crippen LogP contribution < -0.4 is 0 Å². The fraction of sp³-hybridized carbons (Fsp3) is 0.300. The number of hydrogen-bond donors (Lipinski definition) is 0. The van der Waals surface area contributed by atoms with Crippen LogP contribution in [0.1, 0.15) is 30.0 Å². The molecule has 0 saturated carbocycles. The molecule has 0 atom stereocenters. The molecule has 0 heterocycles. The molecule has 0 aromatic heterocycles. The summed E-state index contributed by atoms with van der Waals surface area (Å²) < 4.78 is 48.0. The first-order valence-corrected chi connectivity index (χ1v) is 6.92. The Morgan fingerprint density at radius 1 is 1.47 bits per heavy atom. The fourth-order valence-electron chi connectivity index (χ4n) is 1.41. The van der Waals surface area contributed by atoms with Gasteiger partial charge in [-0.3, -0.25) is 0 Å². The van der Waals surface area contributed by atoms with Gasteiger partial charge in [-0.2, -0.15) is 5.26 Å². The third kappa shape index (κ3) is 2.93. The highest BCUT2D eigenvalue weighted by Gasteiger charge is 2.26. The third-order valence-electron chi connectivity index (χ3n) is 2.21. The summed E-state index contributed by atoms with van der Waals surface area (Å²) in [6.07, 6.45) is -2.66. The van der Waals surface area contributed by atoms with Crippen molar-refractivity contribution in [2.75, 3.05) is 0 Å². The predicted octanol–water partition coefficient (Wildman–Crippen LogP) is 2.99. The zero-order chi connectivity index (χ0) is 13.2. The Bertz CT molecular complexity index is 579. The van der Waals surface area contributed by atoms with Crippen LogP contribution in [-0.2, 0) is 15.5 Å². The summed E-state index contributed by atoms with van der Waals surface area (Å²) >= 11 is 0. The van der Waals surface area contributed by atoms with E-state index in [2.05, 4.69) is 0 Å². The number of nitriles is 1. The molecule has 17 heavy (non-hydrogen) atoms. The van der Waals surface area contributed by atoms with Gasteiger partial charge in [0, 0.05) is 10.7 Å². The molecule has 92 valence electrons. The number of benzene rings is 1. The van der Waals surface area contributed by atoms with Gasteiger partial charge >= 0.3 is 0 Å². The van der Waals surface area contributed by atoms with Gasteiger partial charge in [-0.15, -0.1) is 0 Å². The molecule has 0 fully saturated rings. The van der Waals surface area contributed by atoms with Crippen LogP contribution in [0.25, 0.3) is 0 Å². The van der Waals surface area contributed by atoms with Gasteiger partial charge in [0.1, 0.15) is 0 Å². The number of hydrogen-bond acceptors (Lipinski definition) is 3. The van der Waals surface area contributed by atoms with Gasteiger partial charge in [0.05, 0.1) is 22.1 Å². The van der Waals surface area contributed by atoms with Crippen molar-refractivity contribution in [2.24, 2.45) is 0 Å². The highest BCUT2D eigenvalue weighted by molar-refractivity contribution is 8.13. The SMILES string of the molecule is CCc1cc(C#N)c(C(F)F)c(S(=O)(=O)Cl)c1. The van der Waals surface area contributed by atoms with Crippen molar-refractivity contribution in [3.8, 4) is 6.07 Å². The van der Waals surface area contributed by atoms with E-state index in [0.29, 0.717) is 12.0 Å². The predicted molar refractivity (Wildman–Crippen MR) is 58.5 cm³/mol. The van der Waals surface area contributed by atoms with Gasteiger partial charge in [-0.05, 0) is 24.1 Å². The summed E-state index contributed by atoms with van der Waals surface area (Å²) in [6.45, 7) is 1.71. The van der Waals surface area contributed by atoms with E-state index in [1.807, 2.05) is 0 Å². The standard InChI is InChI=1S/C10H8ClF2NO2S/c1-2-6-3-7(5-14)9(10(12)13)8(4-6)17(11,15)16/h3-4,10H,2H2,1H3. The molecule has 0 N–H and O–H groups in total. The normalized spacial score (nSPS) is 11.5. The lowest BCUT2D eigenvalue weighted by Gasteiger charge is -2.10. The first-order valence-electron chi connectivity index (χ1n) is 4.61. The van der Waals surface area contributed by atoms with Crippen LogP contribution in [0.2, 0.25) is 0 Å². The molecule has 0 aliphatic rings. The van der Waals surface area contributed by atoms with Crippen molar-refractivity contribution in [3.63, 3.8) is 0 Å². The van der Waals surface area contributed by atoms with E-state index >= 15 is 0 Å². The maximum Gasteiger partial charge on any atom is 0.266 e. The zero-order valence-electron chi connectivity index (χ0n) is 8.75. The summed E-state index contributed by atoms with van der Waals surface area (Å²) in [5.41, 5.74) is -0.733. The average molecular weight is 280 g/mol. The van der Waals surface area contributed by atoms with E-state index < -0.39 is 25.9 Å². The van der Waals surface area contributed by atoms with Gasteiger partial charge < -0.3 is 0 Å². The second-order valence-corrected chi connectivity index (χ2v) is 5.79. The van der Waals surface area contributed by atoms with Gasteiger partial charge in [0.25, 0.3) is 15.5 Å². The third-order valence-corrected chi connectivity index (χ3v) is 3.57. The van der Waals surface area contributed by atoms with Gasteiger partial charge in [0.2, 0.25) is 0 Å². The van der Waals surface area contributed by atoms with Gasteiger partial charge in [-0.25, -0.2) is 17.2 Å². The highest BCUT2D eigenvalue weighted by Crippen LogP contribution is 2.32. The van der Waals surface area contributed by atoms with Crippen LogP contribution in [0.4, 0.5) is 8.78 Å². The Morgan fingerprint density at radius 3 is 2.41 bits per heavy atom. The number of halogens is 3. The first-order chi connectivity index (χ1) is 7.81. The maximum absolute atomic E-state index is 12.8. The average Bonchev–Trinajstić information content (AvgIpc) is 2.25. The molecule has 0 saturated heterocycles. The molecule has 7 heteroatoms. The van der Waals surface area contributed by atoms with Crippen molar-refractivity contribution in [3.05, 3.63) is 28.8 Å². The van der Waals surface area contributed by atoms with Gasteiger partial charge in [0.15, 0.2) is 0 Å². The van der Waals surface area contributed by atoms with Crippen LogP contribution in [0.3, 0.4) is 0 Å². The van der Waals surface area contributed by atoms with Gasteiger partial charge in [-0.1, -0.05) is 6.92 Å². The second kappa shape index (κ2) is 4.98. The monoisotopic (exact) mass is 279 g/mol. The largest absolute Gasteiger partial charge is 0.266 e. The fourth-order valence-corrected chi connectivity index (χ4v) is 2.54. The Kier molecular flexibility index (Phi) is 4.07. The van der Waals surface area contributed by atoms with E-state index in [9.17, 15) is 17.2 Å². The molecule has 0 unspecified atom stereocenters. The zero-order valence-corrected chi connectivity index (χ0v) is 10.3. The molecule has 1 aromatic rings. The van der Waals surface area contributed by atoms with E-state index in [0.717, 1.165) is 6.07 Å². The summed E-state index contributed by atoms with van der Waals surface area (Å²) in [5, 5.41) is 8.76. The van der Waals surface area contributed by atoms with Crippen LogP contribution >= 0.6 is 10.7 Å². The molecule has 0 radical (unpaired) electrons. The molecular formula is C10H8ClF2NO2S. The van der Waals surface area contributed by atoms with Crippen molar-refractivity contribution in [1.82, 2.24) is 0 Å². The summed E-state index contributed by atoms with van der Waals surface area (Å²) in [5.74, 6) is 0. The Balaban J connectivity index is 3.72. The van der Waals surface area contributed by atoms with Crippen LogP contribution in [0.5, 0.6) is 0 Å². The van der Waals surface area contributed by atoms with Crippen molar-refractivity contribution < 1.29 is 17.2 Å². The molecule has 1 aromatic carbocycles. The summed E-state index contributed by atoms with van der Waals surface area (Å²) in [6, 6.07) is 3.88. The quantitative estimate of drug-likeness (QED) is 0.799. The molecule has 3 nitrogen and oxygen atoms in total. The number of alkyl halides is 2. The topological polar surface area (TPSA) is 57.9 Å². The summed E-state index contributed by atoms with van der Waals surface area (Å²) in [4.78, 5) is -0.690.